The number of methoxy groups -OCH3 is 1. The summed E-state index contributed by atoms with van der Waals surface area (Å²) < 4.78 is 5.26. The Balaban J connectivity index is 1.71. The van der Waals surface area contributed by atoms with Crippen molar-refractivity contribution in [3.05, 3.63) is 71.3 Å². The number of ether oxygens (including phenoxy) is 1. The van der Waals surface area contributed by atoms with E-state index < -0.39 is 0 Å². The number of fused-ring (bicyclic) bond motifs is 1. The van der Waals surface area contributed by atoms with Gasteiger partial charge in [0.25, 0.3) is 0 Å². The Labute approximate surface area is 148 Å². The summed E-state index contributed by atoms with van der Waals surface area (Å²) in [6.45, 7) is 4.70. The van der Waals surface area contributed by atoms with Crippen molar-refractivity contribution in [3.63, 3.8) is 0 Å². The Hall–Kier alpha value is -3.01. The average molecular weight is 333 g/mol. The summed E-state index contributed by atoms with van der Waals surface area (Å²) in [6.07, 6.45) is 0. The standard InChI is InChI=1S/C21H23N3O/c1-14-4-8-19(10-15(14)2)24-21(22)23-13-16-5-6-18-12-20(25-3)9-7-17(18)11-16/h4-12H,13H2,1-3H3,(H3,22,23,24). The van der Waals surface area contributed by atoms with E-state index in [0.29, 0.717) is 12.5 Å². The van der Waals surface area contributed by atoms with Crippen LogP contribution in [0.25, 0.3) is 10.8 Å². The van der Waals surface area contributed by atoms with Crippen LogP contribution in [0.1, 0.15) is 16.7 Å². The van der Waals surface area contributed by atoms with E-state index in [1.165, 1.54) is 11.1 Å². The van der Waals surface area contributed by atoms with Crippen LogP contribution in [0.15, 0.2) is 59.6 Å². The monoisotopic (exact) mass is 333 g/mol. The molecule has 0 saturated carbocycles. The lowest BCUT2D eigenvalue weighted by molar-refractivity contribution is 0.415. The van der Waals surface area contributed by atoms with Gasteiger partial charge in [-0.05, 0) is 71.6 Å². The van der Waals surface area contributed by atoms with Gasteiger partial charge in [-0.1, -0.05) is 24.3 Å². The number of rotatable bonds is 4. The topological polar surface area (TPSA) is 59.6 Å². The van der Waals surface area contributed by atoms with Crippen LogP contribution in [-0.4, -0.2) is 13.1 Å². The zero-order valence-electron chi connectivity index (χ0n) is 14.8. The summed E-state index contributed by atoms with van der Waals surface area (Å²) in [5.41, 5.74) is 10.6. The fourth-order valence-electron chi connectivity index (χ4n) is 2.68. The van der Waals surface area contributed by atoms with Gasteiger partial charge in [0.05, 0.1) is 13.7 Å². The van der Waals surface area contributed by atoms with Crippen LogP contribution >= 0.6 is 0 Å². The van der Waals surface area contributed by atoms with Gasteiger partial charge >= 0.3 is 0 Å². The number of guanidine groups is 1. The van der Waals surface area contributed by atoms with Crippen LogP contribution in [-0.2, 0) is 6.54 Å². The highest BCUT2D eigenvalue weighted by Gasteiger charge is 2.01. The van der Waals surface area contributed by atoms with Crippen molar-refractivity contribution in [2.24, 2.45) is 10.7 Å². The van der Waals surface area contributed by atoms with Gasteiger partial charge in [0.2, 0.25) is 0 Å². The quantitative estimate of drug-likeness (QED) is 0.550. The van der Waals surface area contributed by atoms with Crippen LogP contribution in [0.3, 0.4) is 0 Å². The molecule has 0 atom stereocenters. The van der Waals surface area contributed by atoms with Crippen molar-refractivity contribution in [1.82, 2.24) is 0 Å². The molecule has 0 heterocycles. The highest BCUT2D eigenvalue weighted by atomic mass is 16.5. The Bertz CT molecular complexity index is 932. The van der Waals surface area contributed by atoms with Crippen LogP contribution in [0.5, 0.6) is 5.75 Å². The predicted octanol–water partition coefficient (Wildman–Crippen LogP) is 4.39. The zero-order valence-corrected chi connectivity index (χ0v) is 14.8. The first-order valence-corrected chi connectivity index (χ1v) is 8.26. The second kappa shape index (κ2) is 7.26. The first-order valence-electron chi connectivity index (χ1n) is 8.26. The van der Waals surface area contributed by atoms with Gasteiger partial charge in [-0.15, -0.1) is 0 Å². The van der Waals surface area contributed by atoms with E-state index in [4.69, 9.17) is 10.5 Å². The van der Waals surface area contributed by atoms with Crippen LogP contribution < -0.4 is 15.8 Å². The molecule has 0 aromatic heterocycles. The molecule has 0 radical (unpaired) electrons. The smallest absolute Gasteiger partial charge is 0.193 e. The fraction of sp³-hybridized carbons (Fsp3) is 0.190. The Kier molecular flexibility index (Phi) is 4.89. The third-order valence-electron chi connectivity index (χ3n) is 4.32. The van der Waals surface area contributed by atoms with Crippen LogP contribution in [0.4, 0.5) is 5.69 Å². The number of anilines is 1. The number of nitrogens with zero attached hydrogens (tertiary/aromatic N) is 1. The van der Waals surface area contributed by atoms with Crippen molar-refractivity contribution in [1.29, 1.82) is 0 Å². The Morgan fingerprint density at radius 1 is 0.960 bits per heavy atom. The molecule has 0 spiro atoms. The van der Waals surface area contributed by atoms with Crippen molar-refractivity contribution in [2.45, 2.75) is 20.4 Å². The summed E-state index contributed by atoms with van der Waals surface area (Å²) in [6, 6.07) is 18.5. The molecule has 0 amide bonds. The molecule has 4 nitrogen and oxygen atoms in total. The summed E-state index contributed by atoms with van der Waals surface area (Å²) in [5, 5.41) is 5.45. The third kappa shape index (κ3) is 4.10. The lowest BCUT2D eigenvalue weighted by Gasteiger charge is -2.08. The van der Waals surface area contributed by atoms with Gasteiger partial charge < -0.3 is 15.8 Å². The Morgan fingerprint density at radius 3 is 2.48 bits per heavy atom. The third-order valence-corrected chi connectivity index (χ3v) is 4.32. The molecule has 3 aromatic carbocycles. The van der Waals surface area contributed by atoms with E-state index in [-0.39, 0.29) is 0 Å². The number of nitrogens with one attached hydrogen (secondary N) is 1. The number of aliphatic imine (C=N–C) groups is 1. The number of aryl methyl sites for hydroxylation is 2. The molecule has 0 bridgehead atoms. The van der Waals surface area contributed by atoms with Gasteiger partial charge in [-0.3, -0.25) is 0 Å². The SMILES string of the molecule is COc1ccc2cc(CN=C(N)Nc3ccc(C)c(C)c3)ccc2c1. The number of benzene rings is 3. The molecule has 4 heteroatoms. The van der Waals surface area contributed by atoms with E-state index in [2.05, 4.69) is 60.6 Å². The second-order valence-corrected chi connectivity index (χ2v) is 6.17. The van der Waals surface area contributed by atoms with E-state index in [0.717, 1.165) is 27.8 Å². The molecule has 128 valence electrons. The fourth-order valence-corrected chi connectivity index (χ4v) is 2.68. The molecule has 0 fully saturated rings. The van der Waals surface area contributed by atoms with Crippen molar-refractivity contribution in [2.75, 3.05) is 12.4 Å². The van der Waals surface area contributed by atoms with Gasteiger partial charge in [-0.25, -0.2) is 4.99 Å². The highest BCUT2D eigenvalue weighted by molar-refractivity contribution is 5.92. The van der Waals surface area contributed by atoms with Crippen molar-refractivity contribution in [3.8, 4) is 5.75 Å². The minimum Gasteiger partial charge on any atom is -0.497 e. The summed E-state index contributed by atoms with van der Waals surface area (Å²) in [4.78, 5) is 4.44. The Morgan fingerprint density at radius 2 is 1.72 bits per heavy atom. The predicted molar refractivity (Wildman–Crippen MR) is 105 cm³/mol. The zero-order chi connectivity index (χ0) is 17.8. The molecule has 3 N–H and O–H groups in total. The minimum atomic E-state index is 0.415. The van der Waals surface area contributed by atoms with E-state index >= 15 is 0 Å². The molecule has 25 heavy (non-hydrogen) atoms. The second-order valence-electron chi connectivity index (χ2n) is 6.17. The van der Waals surface area contributed by atoms with Gasteiger partial charge in [0.15, 0.2) is 5.96 Å². The van der Waals surface area contributed by atoms with Crippen molar-refractivity contribution < 1.29 is 4.74 Å². The molecule has 3 aromatic rings. The van der Waals surface area contributed by atoms with Crippen molar-refractivity contribution >= 4 is 22.4 Å². The molecular formula is C21H23N3O. The first-order chi connectivity index (χ1) is 12.0. The number of nitrogens with two attached hydrogens (primary N) is 1. The summed E-state index contributed by atoms with van der Waals surface area (Å²) in [7, 11) is 1.68. The summed E-state index contributed by atoms with van der Waals surface area (Å²) >= 11 is 0. The van der Waals surface area contributed by atoms with E-state index in [1.807, 2.05) is 18.2 Å². The van der Waals surface area contributed by atoms with Gasteiger partial charge in [0.1, 0.15) is 5.75 Å². The lowest BCUT2D eigenvalue weighted by Crippen LogP contribution is -2.22. The molecular weight excluding hydrogens is 310 g/mol. The number of hydrogen-bond acceptors (Lipinski definition) is 2. The van der Waals surface area contributed by atoms with E-state index in [1.54, 1.807) is 7.11 Å². The lowest BCUT2D eigenvalue weighted by atomic mass is 10.1. The molecule has 0 aliphatic carbocycles. The maximum Gasteiger partial charge on any atom is 0.193 e. The molecule has 0 unspecified atom stereocenters. The van der Waals surface area contributed by atoms with Crippen LogP contribution in [0, 0.1) is 13.8 Å². The molecule has 3 rings (SSSR count). The maximum absolute atomic E-state index is 6.01. The number of hydrogen-bond donors (Lipinski definition) is 2. The van der Waals surface area contributed by atoms with Gasteiger partial charge in [-0.2, -0.15) is 0 Å². The highest BCUT2D eigenvalue weighted by Crippen LogP contribution is 2.22. The average Bonchev–Trinajstić information content (AvgIpc) is 2.62. The first kappa shape index (κ1) is 16.8. The normalized spacial score (nSPS) is 11.6. The van der Waals surface area contributed by atoms with Crippen LogP contribution in [0.2, 0.25) is 0 Å². The molecule has 0 saturated heterocycles. The van der Waals surface area contributed by atoms with E-state index in [9.17, 15) is 0 Å². The molecule has 0 aliphatic heterocycles. The van der Waals surface area contributed by atoms with Gasteiger partial charge in [0, 0.05) is 5.69 Å². The minimum absolute atomic E-state index is 0.415. The summed E-state index contributed by atoms with van der Waals surface area (Å²) in [5.74, 6) is 1.28. The largest absolute Gasteiger partial charge is 0.497 e. The maximum atomic E-state index is 6.01. The molecule has 0 aliphatic rings.